The number of nitrogens with one attached hydrogen (secondary N) is 2. The van der Waals surface area contributed by atoms with Crippen LogP contribution >= 0.6 is 0 Å². The summed E-state index contributed by atoms with van der Waals surface area (Å²) in [5.41, 5.74) is -2.37. The zero-order valence-electron chi connectivity index (χ0n) is 20.7. The first kappa shape index (κ1) is 23.9. The molecule has 9 rings (SSSR count). The van der Waals surface area contributed by atoms with Crippen molar-refractivity contribution in [3.8, 4) is 0 Å². The monoisotopic (exact) mass is 557 g/mol. The molecule has 6 saturated carbocycles. The van der Waals surface area contributed by atoms with Crippen molar-refractivity contribution in [3.05, 3.63) is 64.6 Å². The molecule has 1 aromatic carbocycles. The van der Waals surface area contributed by atoms with Crippen molar-refractivity contribution in [2.45, 2.75) is 19.6 Å². The van der Waals surface area contributed by atoms with Gasteiger partial charge in [-0.15, -0.1) is 0 Å². The molecule has 0 spiro atoms. The molecular formula is C27H20F5N5O3. The maximum absolute atomic E-state index is 14.4. The van der Waals surface area contributed by atoms with E-state index in [1.165, 1.54) is 0 Å². The molecule has 6 aliphatic rings. The summed E-state index contributed by atoms with van der Waals surface area (Å²) >= 11 is 0. The van der Waals surface area contributed by atoms with E-state index in [1.807, 2.05) is 0 Å². The molecule has 0 unspecified atom stereocenters. The Bertz CT molecular complexity index is 1660. The quantitative estimate of drug-likeness (QED) is 0.435. The lowest BCUT2D eigenvalue weighted by atomic mass is 8.92. The molecule has 6 fully saturated rings. The van der Waals surface area contributed by atoms with Crippen LogP contribution in [0.2, 0.25) is 0 Å². The number of amides is 2. The number of carbonyl (C=O) groups is 3. The van der Waals surface area contributed by atoms with Crippen LogP contribution in [-0.4, -0.2) is 38.7 Å². The highest BCUT2D eigenvalue weighted by atomic mass is 19.4. The van der Waals surface area contributed by atoms with Crippen molar-refractivity contribution in [3.63, 3.8) is 0 Å². The van der Waals surface area contributed by atoms with Crippen LogP contribution < -0.4 is 10.6 Å². The third-order valence-electron chi connectivity index (χ3n) is 10.7. The number of Topliss-reactive ketones (excluding diaryl/α,β-unsaturated/α-hetero) is 1. The van der Waals surface area contributed by atoms with E-state index in [1.54, 1.807) is 6.92 Å². The van der Waals surface area contributed by atoms with Crippen molar-refractivity contribution in [2.24, 2.45) is 46.3 Å². The Hall–Kier alpha value is -3.90. The van der Waals surface area contributed by atoms with Crippen LogP contribution in [0.4, 0.5) is 22.0 Å². The van der Waals surface area contributed by atoms with Crippen molar-refractivity contribution in [1.82, 2.24) is 25.2 Å². The minimum absolute atomic E-state index is 0.0170. The number of fused-ring (bicyclic) bond motifs is 1. The first-order valence-electron chi connectivity index (χ1n) is 12.9. The Morgan fingerprint density at radius 2 is 1.62 bits per heavy atom. The summed E-state index contributed by atoms with van der Waals surface area (Å²) < 4.78 is 68.0. The number of aromatic nitrogens is 3. The summed E-state index contributed by atoms with van der Waals surface area (Å²) in [4.78, 5) is 42.2. The van der Waals surface area contributed by atoms with Gasteiger partial charge in [-0.2, -0.15) is 18.3 Å². The second kappa shape index (κ2) is 7.05. The van der Waals surface area contributed by atoms with Gasteiger partial charge in [0.2, 0.25) is 0 Å². The molecule has 0 saturated heterocycles. The van der Waals surface area contributed by atoms with E-state index in [2.05, 4.69) is 20.7 Å². The molecule has 0 radical (unpaired) electrons. The molecule has 8 nitrogen and oxygen atoms in total. The van der Waals surface area contributed by atoms with E-state index in [9.17, 15) is 36.3 Å². The highest BCUT2D eigenvalue weighted by Crippen LogP contribution is 3.10. The Labute approximate surface area is 222 Å². The van der Waals surface area contributed by atoms with Crippen LogP contribution in [0.25, 0.3) is 5.65 Å². The van der Waals surface area contributed by atoms with Gasteiger partial charge in [-0.1, -0.05) is 6.07 Å². The van der Waals surface area contributed by atoms with E-state index in [0.29, 0.717) is 60.0 Å². The fraction of sp³-hybridized carbons (Fsp3) is 0.444. The van der Waals surface area contributed by atoms with Crippen LogP contribution in [-0.2, 0) is 17.5 Å². The Morgan fingerprint density at radius 3 is 2.25 bits per heavy atom. The van der Waals surface area contributed by atoms with E-state index >= 15 is 0 Å². The van der Waals surface area contributed by atoms with Gasteiger partial charge in [-0.3, -0.25) is 14.4 Å². The molecule has 13 heteroatoms. The molecule has 2 heterocycles. The van der Waals surface area contributed by atoms with E-state index in [4.69, 9.17) is 0 Å². The SMILES string of the molecule is CC(=O)C12C3C4C1C1C2C3C41CNC(=O)c1cc(C(=O)NCc2ccc(F)c(C(F)(F)F)c2)nc2c(F)cnn12. The van der Waals surface area contributed by atoms with Crippen molar-refractivity contribution < 1.29 is 36.3 Å². The number of nitrogens with zero attached hydrogens (tertiary/aromatic N) is 3. The summed E-state index contributed by atoms with van der Waals surface area (Å²) in [5.74, 6) is -0.753. The average molecular weight is 557 g/mol. The number of ketones is 1. The third-order valence-corrected chi connectivity index (χ3v) is 10.7. The Kier molecular flexibility index (Phi) is 4.22. The summed E-state index contributed by atoms with van der Waals surface area (Å²) in [7, 11) is 0. The van der Waals surface area contributed by atoms with Gasteiger partial charge >= 0.3 is 6.18 Å². The molecule has 6 aliphatic carbocycles. The van der Waals surface area contributed by atoms with Crippen LogP contribution in [0, 0.1) is 58.0 Å². The fourth-order valence-corrected chi connectivity index (χ4v) is 9.52. The lowest BCUT2D eigenvalue weighted by molar-refractivity contribution is -0.638. The van der Waals surface area contributed by atoms with Gasteiger partial charge < -0.3 is 10.6 Å². The van der Waals surface area contributed by atoms with Gasteiger partial charge in [0.25, 0.3) is 11.8 Å². The molecule has 0 bridgehead atoms. The topological polar surface area (TPSA) is 105 Å². The first-order chi connectivity index (χ1) is 18.9. The van der Waals surface area contributed by atoms with Crippen LogP contribution in [0.1, 0.15) is 39.0 Å². The van der Waals surface area contributed by atoms with E-state index < -0.39 is 41.7 Å². The largest absolute Gasteiger partial charge is 0.419 e. The molecule has 40 heavy (non-hydrogen) atoms. The van der Waals surface area contributed by atoms with Crippen molar-refractivity contribution >= 4 is 23.2 Å². The predicted molar refractivity (Wildman–Crippen MR) is 124 cm³/mol. The average Bonchev–Trinajstić information content (AvgIpc) is 3.30. The molecule has 2 amide bonds. The summed E-state index contributed by atoms with van der Waals surface area (Å²) in [6.07, 6.45) is -4.05. The fourth-order valence-electron chi connectivity index (χ4n) is 9.52. The third kappa shape index (κ3) is 2.39. The smallest absolute Gasteiger partial charge is 0.350 e. The van der Waals surface area contributed by atoms with Gasteiger partial charge in [0.1, 0.15) is 23.0 Å². The normalized spacial score (nSPS) is 35.0. The molecule has 2 N–H and O–H groups in total. The highest BCUT2D eigenvalue weighted by molar-refractivity contribution is 5.98. The second-order valence-corrected chi connectivity index (χ2v) is 11.7. The van der Waals surface area contributed by atoms with Crippen LogP contribution in [0.3, 0.4) is 0 Å². The molecule has 0 atom stereocenters. The summed E-state index contributed by atoms with van der Waals surface area (Å²) in [5, 5.41) is 9.16. The van der Waals surface area contributed by atoms with E-state index in [-0.39, 0.29) is 33.4 Å². The minimum Gasteiger partial charge on any atom is -0.350 e. The zero-order chi connectivity index (χ0) is 28.1. The second-order valence-electron chi connectivity index (χ2n) is 11.7. The lowest BCUT2D eigenvalue weighted by Gasteiger charge is -3.11. The molecule has 0 aliphatic heterocycles. The van der Waals surface area contributed by atoms with Crippen LogP contribution in [0.15, 0.2) is 30.5 Å². The lowest BCUT2D eigenvalue weighted by Crippen LogP contribution is -3.11. The minimum atomic E-state index is -4.91. The molecule has 206 valence electrons. The summed E-state index contributed by atoms with van der Waals surface area (Å²) in [6.45, 7) is 1.71. The zero-order valence-corrected chi connectivity index (χ0v) is 20.7. The van der Waals surface area contributed by atoms with Gasteiger partial charge in [0.15, 0.2) is 11.5 Å². The molecular weight excluding hydrogens is 537 g/mol. The number of hydrogen-bond acceptors (Lipinski definition) is 5. The number of alkyl halides is 3. The van der Waals surface area contributed by atoms with Crippen molar-refractivity contribution in [2.75, 3.05) is 6.54 Å². The molecule has 2 aromatic heterocycles. The number of carbonyl (C=O) groups excluding carboxylic acids is 3. The highest BCUT2D eigenvalue weighted by Gasteiger charge is 3.10. The number of benzene rings is 1. The maximum atomic E-state index is 14.4. The molecule has 3 aromatic rings. The van der Waals surface area contributed by atoms with Gasteiger partial charge in [-0.05, 0) is 65.5 Å². The van der Waals surface area contributed by atoms with Gasteiger partial charge in [0.05, 0.1) is 11.8 Å². The van der Waals surface area contributed by atoms with Gasteiger partial charge in [-0.25, -0.2) is 18.3 Å². The number of hydrogen-bond donors (Lipinski definition) is 2. The number of rotatable bonds is 7. The standard InChI is InChI=1S/C27H20F5N5O3/c1-9(38)26-19-16-20(26)18-21(26)17(19)25(16,18)8-34-24(40)15-5-14(36-22-13(29)7-35-37(15)22)23(39)33-6-10-2-3-12(28)11(4-10)27(30,31)32/h2-5,7,16-21H,6,8H2,1H3,(H,33,39)(H,34,40). The van der Waals surface area contributed by atoms with E-state index in [0.717, 1.165) is 22.8 Å². The first-order valence-corrected chi connectivity index (χ1v) is 12.9. The maximum Gasteiger partial charge on any atom is 0.419 e. The summed E-state index contributed by atoms with van der Waals surface area (Å²) in [6, 6.07) is 3.48. The van der Waals surface area contributed by atoms with Crippen LogP contribution in [0.5, 0.6) is 0 Å². The predicted octanol–water partition coefficient (Wildman–Crippen LogP) is 3.01. The Morgan fingerprint density at radius 1 is 0.950 bits per heavy atom. The van der Waals surface area contributed by atoms with Crippen molar-refractivity contribution in [1.29, 1.82) is 0 Å². The Balaban J connectivity index is 0.995. The van der Waals surface area contributed by atoms with Gasteiger partial charge in [0, 0.05) is 24.6 Å². The number of halogens is 5.